The molecule has 108 valence electrons. The standard InChI is InChI=1S/C18H14N2O2/c1-11-17(15-10-14(12(2)21)8-9-16(15)22)20-18(19-11)13-6-4-3-5-7-13/h3-10,22H,1H2,2H3. The first-order valence-corrected chi connectivity index (χ1v) is 6.82. The minimum absolute atomic E-state index is 0.0504. The minimum atomic E-state index is -0.0744. The maximum absolute atomic E-state index is 11.5. The number of rotatable bonds is 3. The van der Waals surface area contributed by atoms with Crippen molar-refractivity contribution < 1.29 is 9.90 Å². The maximum atomic E-state index is 11.5. The third-order valence-corrected chi connectivity index (χ3v) is 3.42. The van der Waals surface area contributed by atoms with Crippen molar-refractivity contribution in [2.45, 2.75) is 6.92 Å². The Morgan fingerprint density at radius 2 is 1.82 bits per heavy atom. The van der Waals surface area contributed by atoms with Gasteiger partial charge in [0, 0.05) is 16.7 Å². The van der Waals surface area contributed by atoms with Gasteiger partial charge in [0.15, 0.2) is 11.6 Å². The van der Waals surface area contributed by atoms with Crippen LogP contribution in [0, 0.1) is 0 Å². The highest BCUT2D eigenvalue weighted by Crippen LogP contribution is 2.26. The van der Waals surface area contributed by atoms with Crippen molar-refractivity contribution in [1.82, 2.24) is 0 Å². The van der Waals surface area contributed by atoms with Gasteiger partial charge in [-0.15, -0.1) is 0 Å². The molecule has 0 bridgehead atoms. The molecule has 0 spiro atoms. The molecule has 0 aromatic heterocycles. The van der Waals surface area contributed by atoms with E-state index in [9.17, 15) is 9.90 Å². The van der Waals surface area contributed by atoms with Crippen LogP contribution in [0.5, 0.6) is 5.75 Å². The van der Waals surface area contributed by atoms with E-state index in [4.69, 9.17) is 0 Å². The second-order valence-corrected chi connectivity index (χ2v) is 5.00. The predicted octanol–water partition coefficient (Wildman–Crippen LogP) is 3.36. The van der Waals surface area contributed by atoms with Crippen LogP contribution in [0.1, 0.15) is 28.4 Å². The average Bonchev–Trinajstić information content (AvgIpc) is 2.90. The number of phenols is 1. The quantitative estimate of drug-likeness (QED) is 0.881. The fourth-order valence-electron chi connectivity index (χ4n) is 2.25. The van der Waals surface area contributed by atoms with Crippen LogP contribution in [0.4, 0.5) is 0 Å². The number of hydrogen-bond acceptors (Lipinski definition) is 4. The van der Waals surface area contributed by atoms with Gasteiger partial charge in [-0.2, -0.15) is 0 Å². The topological polar surface area (TPSA) is 62.0 Å². The van der Waals surface area contributed by atoms with E-state index in [1.807, 2.05) is 30.3 Å². The summed E-state index contributed by atoms with van der Waals surface area (Å²) in [7, 11) is 0. The van der Waals surface area contributed by atoms with Crippen molar-refractivity contribution in [2.75, 3.05) is 0 Å². The number of Topliss-reactive ketones (excluding diaryl/α,β-unsaturated/α-hetero) is 1. The van der Waals surface area contributed by atoms with E-state index in [1.54, 1.807) is 12.1 Å². The van der Waals surface area contributed by atoms with Crippen LogP contribution in [0.2, 0.25) is 0 Å². The molecular formula is C18H14N2O2. The van der Waals surface area contributed by atoms with Gasteiger partial charge in [-0.3, -0.25) is 4.79 Å². The van der Waals surface area contributed by atoms with E-state index in [0.717, 1.165) is 5.56 Å². The average molecular weight is 290 g/mol. The first kappa shape index (κ1) is 13.9. The van der Waals surface area contributed by atoms with Gasteiger partial charge in [0.2, 0.25) is 0 Å². The number of benzene rings is 2. The molecule has 0 radical (unpaired) electrons. The van der Waals surface area contributed by atoms with Crippen LogP contribution in [-0.2, 0) is 0 Å². The molecule has 0 aliphatic carbocycles. The van der Waals surface area contributed by atoms with Gasteiger partial charge in [-0.05, 0) is 25.1 Å². The number of phenolic OH excluding ortho intramolecular Hbond substituents is 1. The van der Waals surface area contributed by atoms with Gasteiger partial charge < -0.3 is 5.11 Å². The molecule has 0 unspecified atom stereocenters. The fourth-order valence-corrected chi connectivity index (χ4v) is 2.25. The van der Waals surface area contributed by atoms with Gasteiger partial charge >= 0.3 is 0 Å². The zero-order chi connectivity index (χ0) is 15.7. The number of ketones is 1. The smallest absolute Gasteiger partial charge is 0.160 e. The lowest BCUT2D eigenvalue weighted by molar-refractivity contribution is 0.101. The Morgan fingerprint density at radius 1 is 1.09 bits per heavy atom. The second-order valence-electron chi connectivity index (χ2n) is 5.00. The molecule has 22 heavy (non-hydrogen) atoms. The summed E-state index contributed by atoms with van der Waals surface area (Å²) in [6.07, 6.45) is 0. The first-order chi connectivity index (χ1) is 10.6. The molecule has 1 N–H and O–H groups in total. The summed E-state index contributed by atoms with van der Waals surface area (Å²) >= 11 is 0. The SMILES string of the molecule is C=C1N=C(c2ccccc2)N=C1c1cc(C(C)=O)ccc1O. The number of allylic oxidation sites excluding steroid dienone is 1. The Kier molecular flexibility index (Phi) is 3.43. The monoisotopic (exact) mass is 290 g/mol. The second kappa shape index (κ2) is 5.41. The molecule has 0 fully saturated rings. The molecule has 0 amide bonds. The third kappa shape index (κ3) is 2.46. The molecule has 4 nitrogen and oxygen atoms in total. The summed E-state index contributed by atoms with van der Waals surface area (Å²) < 4.78 is 0. The summed E-state index contributed by atoms with van der Waals surface area (Å²) in [5.74, 6) is 0.525. The highest BCUT2D eigenvalue weighted by Gasteiger charge is 2.21. The number of hydrogen-bond donors (Lipinski definition) is 1. The Hall–Kier alpha value is -3.01. The van der Waals surface area contributed by atoms with E-state index in [0.29, 0.717) is 28.4 Å². The molecule has 4 heteroatoms. The van der Waals surface area contributed by atoms with Crippen molar-refractivity contribution in [1.29, 1.82) is 0 Å². The molecule has 3 rings (SSSR count). The van der Waals surface area contributed by atoms with E-state index in [-0.39, 0.29) is 11.5 Å². The number of aromatic hydroxyl groups is 1. The lowest BCUT2D eigenvalue weighted by Gasteiger charge is -2.06. The Morgan fingerprint density at radius 3 is 2.50 bits per heavy atom. The lowest BCUT2D eigenvalue weighted by Crippen LogP contribution is -2.03. The Bertz CT molecular complexity index is 833. The molecule has 2 aromatic carbocycles. The molecule has 0 saturated heterocycles. The molecule has 0 atom stereocenters. The Balaban J connectivity index is 2.05. The Labute approximate surface area is 128 Å². The van der Waals surface area contributed by atoms with E-state index in [1.165, 1.54) is 13.0 Å². The van der Waals surface area contributed by atoms with Gasteiger partial charge in [-0.1, -0.05) is 36.9 Å². The van der Waals surface area contributed by atoms with Gasteiger partial charge in [0.05, 0.1) is 5.70 Å². The zero-order valence-corrected chi connectivity index (χ0v) is 12.1. The molecule has 1 heterocycles. The molecule has 0 saturated carbocycles. The van der Waals surface area contributed by atoms with Crippen LogP contribution < -0.4 is 0 Å². The number of amidine groups is 1. The fraction of sp³-hybridized carbons (Fsp3) is 0.0556. The molecule has 2 aromatic rings. The third-order valence-electron chi connectivity index (χ3n) is 3.42. The summed E-state index contributed by atoms with van der Waals surface area (Å²) in [6.45, 7) is 5.37. The summed E-state index contributed by atoms with van der Waals surface area (Å²) in [5.41, 5.74) is 2.80. The first-order valence-electron chi connectivity index (χ1n) is 6.82. The van der Waals surface area contributed by atoms with Crippen LogP contribution in [0.25, 0.3) is 0 Å². The highest BCUT2D eigenvalue weighted by molar-refractivity contribution is 6.25. The number of nitrogens with zero attached hydrogens (tertiary/aromatic N) is 2. The van der Waals surface area contributed by atoms with Crippen molar-refractivity contribution in [3.8, 4) is 5.75 Å². The van der Waals surface area contributed by atoms with Crippen molar-refractivity contribution in [3.63, 3.8) is 0 Å². The van der Waals surface area contributed by atoms with Crippen LogP contribution in [-0.4, -0.2) is 22.4 Å². The molecule has 1 aliphatic rings. The van der Waals surface area contributed by atoms with Crippen LogP contribution in [0.15, 0.2) is 70.8 Å². The minimum Gasteiger partial charge on any atom is -0.507 e. The zero-order valence-electron chi connectivity index (χ0n) is 12.1. The number of carbonyl (C=O) groups is 1. The lowest BCUT2D eigenvalue weighted by atomic mass is 10.0. The molecule has 1 aliphatic heterocycles. The van der Waals surface area contributed by atoms with E-state index in [2.05, 4.69) is 16.6 Å². The summed E-state index contributed by atoms with van der Waals surface area (Å²) in [6, 6.07) is 14.2. The predicted molar refractivity (Wildman–Crippen MR) is 86.8 cm³/mol. The molecular weight excluding hydrogens is 276 g/mol. The number of aliphatic imine (C=N–C) groups is 2. The van der Waals surface area contributed by atoms with E-state index >= 15 is 0 Å². The van der Waals surface area contributed by atoms with E-state index < -0.39 is 0 Å². The van der Waals surface area contributed by atoms with Gasteiger partial charge in [-0.25, -0.2) is 9.98 Å². The summed E-state index contributed by atoms with van der Waals surface area (Å²) in [5, 5.41) is 10.1. The van der Waals surface area contributed by atoms with Gasteiger partial charge in [0.25, 0.3) is 0 Å². The maximum Gasteiger partial charge on any atom is 0.160 e. The van der Waals surface area contributed by atoms with Crippen LogP contribution >= 0.6 is 0 Å². The van der Waals surface area contributed by atoms with Crippen molar-refractivity contribution in [3.05, 3.63) is 77.5 Å². The van der Waals surface area contributed by atoms with Crippen molar-refractivity contribution >= 4 is 17.3 Å². The normalized spacial score (nSPS) is 13.8. The van der Waals surface area contributed by atoms with Crippen molar-refractivity contribution in [2.24, 2.45) is 9.98 Å². The van der Waals surface area contributed by atoms with Gasteiger partial charge in [0.1, 0.15) is 11.5 Å². The largest absolute Gasteiger partial charge is 0.507 e. The highest BCUT2D eigenvalue weighted by atomic mass is 16.3. The number of carbonyl (C=O) groups excluding carboxylic acids is 1. The summed E-state index contributed by atoms with van der Waals surface area (Å²) in [4.78, 5) is 20.3. The van der Waals surface area contributed by atoms with Crippen LogP contribution in [0.3, 0.4) is 0 Å².